The summed E-state index contributed by atoms with van der Waals surface area (Å²) >= 11 is 0. The van der Waals surface area contributed by atoms with Crippen LogP contribution in [0.1, 0.15) is 18.9 Å². The first-order valence-corrected chi connectivity index (χ1v) is 4.89. The average molecular weight is 190 g/mol. The summed E-state index contributed by atoms with van der Waals surface area (Å²) in [5.41, 5.74) is 7.26. The lowest BCUT2D eigenvalue weighted by Crippen LogP contribution is -2.08. The van der Waals surface area contributed by atoms with Crippen molar-refractivity contribution in [3.05, 3.63) is 24.0 Å². The number of carbonyl (C=O) groups excluding carboxylic acids is 1. The van der Waals surface area contributed by atoms with Crippen molar-refractivity contribution in [2.24, 2.45) is 11.8 Å². The van der Waals surface area contributed by atoms with E-state index in [0.29, 0.717) is 23.8 Å². The molecule has 2 rings (SSSR count). The Balaban J connectivity index is 2.04. The molecule has 3 heteroatoms. The summed E-state index contributed by atoms with van der Waals surface area (Å²) in [4.78, 5) is 15.6. The third kappa shape index (κ3) is 1.76. The zero-order valence-electron chi connectivity index (χ0n) is 8.23. The van der Waals surface area contributed by atoms with E-state index in [1.54, 1.807) is 18.5 Å². The summed E-state index contributed by atoms with van der Waals surface area (Å²) < 4.78 is 0. The lowest BCUT2D eigenvalue weighted by atomic mass is 10.1. The van der Waals surface area contributed by atoms with Crippen molar-refractivity contribution >= 4 is 11.5 Å². The lowest BCUT2D eigenvalue weighted by Gasteiger charge is -2.02. The van der Waals surface area contributed by atoms with Gasteiger partial charge in [0, 0.05) is 36.0 Å². The predicted octanol–water partition coefficient (Wildman–Crippen LogP) is 1.43. The Bertz CT molecular complexity index is 362. The highest BCUT2D eigenvalue weighted by atomic mass is 16.1. The van der Waals surface area contributed by atoms with Gasteiger partial charge in [-0.1, -0.05) is 6.92 Å². The van der Waals surface area contributed by atoms with Crippen LogP contribution in [0.3, 0.4) is 0 Å². The standard InChI is InChI=1S/C11H14N2O/c1-7-4-9(7)11(14)5-8-6-13-3-2-10(8)12/h2-3,6-7,9H,4-5H2,1H3,(H2,12,13). The zero-order valence-corrected chi connectivity index (χ0v) is 8.23. The Morgan fingerprint density at radius 3 is 3.00 bits per heavy atom. The van der Waals surface area contributed by atoms with Crippen LogP contribution in [0, 0.1) is 11.8 Å². The molecular weight excluding hydrogens is 176 g/mol. The van der Waals surface area contributed by atoms with Crippen molar-refractivity contribution in [1.29, 1.82) is 0 Å². The van der Waals surface area contributed by atoms with Gasteiger partial charge in [-0.3, -0.25) is 9.78 Å². The first kappa shape index (κ1) is 9.19. The van der Waals surface area contributed by atoms with Crippen LogP contribution in [0.25, 0.3) is 0 Å². The quantitative estimate of drug-likeness (QED) is 0.784. The molecule has 74 valence electrons. The molecule has 0 amide bonds. The first-order valence-electron chi connectivity index (χ1n) is 4.89. The number of aromatic nitrogens is 1. The second kappa shape index (κ2) is 3.40. The molecule has 0 bridgehead atoms. The zero-order chi connectivity index (χ0) is 10.1. The number of rotatable bonds is 3. The van der Waals surface area contributed by atoms with Crippen LogP contribution in [0.5, 0.6) is 0 Å². The number of Topliss-reactive ketones (excluding diaryl/α,β-unsaturated/α-hetero) is 1. The Morgan fingerprint density at radius 2 is 2.43 bits per heavy atom. The summed E-state index contributed by atoms with van der Waals surface area (Å²) in [6.07, 6.45) is 4.80. The molecule has 0 aromatic carbocycles. The molecule has 2 atom stereocenters. The van der Waals surface area contributed by atoms with Crippen LogP contribution in [-0.4, -0.2) is 10.8 Å². The minimum absolute atomic E-state index is 0.273. The molecule has 1 aromatic rings. The number of nitrogens with zero attached hydrogens (tertiary/aromatic N) is 1. The van der Waals surface area contributed by atoms with E-state index in [1.165, 1.54) is 0 Å². The molecule has 1 saturated carbocycles. The minimum atomic E-state index is 0.273. The van der Waals surface area contributed by atoms with E-state index in [1.807, 2.05) is 0 Å². The van der Waals surface area contributed by atoms with Gasteiger partial charge in [0.1, 0.15) is 5.78 Å². The van der Waals surface area contributed by atoms with E-state index in [0.717, 1.165) is 12.0 Å². The van der Waals surface area contributed by atoms with Crippen LogP contribution in [-0.2, 0) is 11.2 Å². The van der Waals surface area contributed by atoms with Gasteiger partial charge < -0.3 is 5.73 Å². The van der Waals surface area contributed by atoms with E-state index >= 15 is 0 Å². The van der Waals surface area contributed by atoms with Gasteiger partial charge in [0.15, 0.2) is 0 Å². The summed E-state index contributed by atoms with van der Waals surface area (Å²) in [6.45, 7) is 2.11. The highest BCUT2D eigenvalue weighted by Gasteiger charge is 2.38. The molecule has 3 nitrogen and oxygen atoms in total. The fourth-order valence-corrected chi connectivity index (χ4v) is 1.68. The second-order valence-electron chi connectivity index (χ2n) is 4.04. The van der Waals surface area contributed by atoms with E-state index in [-0.39, 0.29) is 5.92 Å². The van der Waals surface area contributed by atoms with Crippen molar-refractivity contribution in [2.75, 3.05) is 5.73 Å². The number of nitrogens with two attached hydrogens (primary N) is 1. The number of pyridine rings is 1. The van der Waals surface area contributed by atoms with Gasteiger partial charge in [-0.2, -0.15) is 0 Å². The average Bonchev–Trinajstić information content (AvgIpc) is 2.87. The summed E-state index contributed by atoms with van der Waals surface area (Å²) in [7, 11) is 0. The Labute approximate surface area is 83.3 Å². The first-order chi connectivity index (χ1) is 6.68. The maximum absolute atomic E-state index is 11.7. The Kier molecular flexibility index (Phi) is 2.23. The largest absolute Gasteiger partial charge is 0.398 e. The highest BCUT2D eigenvalue weighted by molar-refractivity contribution is 5.86. The minimum Gasteiger partial charge on any atom is -0.398 e. The molecular formula is C11H14N2O. The molecule has 1 aromatic heterocycles. The third-order valence-electron chi connectivity index (χ3n) is 2.83. The fourth-order valence-electron chi connectivity index (χ4n) is 1.68. The normalized spacial score (nSPS) is 24.6. The van der Waals surface area contributed by atoms with E-state index in [4.69, 9.17) is 5.73 Å². The molecule has 1 aliphatic rings. The SMILES string of the molecule is CC1CC1C(=O)Cc1cnccc1N. The highest BCUT2D eigenvalue weighted by Crippen LogP contribution is 2.39. The van der Waals surface area contributed by atoms with Gasteiger partial charge in [-0.25, -0.2) is 0 Å². The fraction of sp³-hybridized carbons (Fsp3) is 0.455. The van der Waals surface area contributed by atoms with E-state index in [2.05, 4.69) is 11.9 Å². The number of ketones is 1. The van der Waals surface area contributed by atoms with Gasteiger partial charge in [-0.05, 0) is 18.4 Å². The van der Waals surface area contributed by atoms with Crippen LogP contribution < -0.4 is 5.73 Å². The number of hydrogen-bond acceptors (Lipinski definition) is 3. The number of hydrogen-bond donors (Lipinski definition) is 1. The van der Waals surface area contributed by atoms with Crippen LogP contribution in [0.4, 0.5) is 5.69 Å². The molecule has 2 N–H and O–H groups in total. The number of anilines is 1. The summed E-state index contributed by atoms with van der Waals surface area (Å²) in [5, 5.41) is 0. The molecule has 1 fully saturated rings. The van der Waals surface area contributed by atoms with Crippen molar-refractivity contribution in [2.45, 2.75) is 19.8 Å². The molecule has 0 saturated heterocycles. The molecule has 14 heavy (non-hydrogen) atoms. The second-order valence-corrected chi connectivity index (χ2v) is 4.04. The van der Waals surface area contributed by atoms with Crippen molar-refractivity contribution < 1.29 is 4.79 Å². The van der Waals surface area contributed by atoms with Crippen LogP contribution in [0.2, 0.25) is 0 Å². The monoisotopic (exact) mass is 190 g/mol. The molecule has 0 spiro atoms. The van der Waals surface area contributed by atoms with Gasteiger partial charge in [0.2, 0.25) is 0 Å². The molecule has 1 aliphatic carbocycles. The van der Waals surface area contributed by atoms with Gasteiger partial charge in [0.05, 0.1) is 0 Å². The van der Waals surface area contributed by atoms with Crippen molar-refractivity contribution in [3.8, 4) is 0 Å². The van der Waals surface area contributed by atoms with Crippen molar-refractivity contribution in [3.63, 3.8) is 0 Å². The summed E-state index contributed by atoms with van der Waals surface area (Å²) in [6, 6.07) is 1.74. The van der Waals surface area contributed by atoms with Gasteiger partial charge in [0.25, 0.3) is 0 Å². The Hall–Kier alpha value is -1.38. The number of carbonyl (C=O) groups is 1. The molecule has 0 radical (unpaired) electrons. The van der Waals surface area contributed by atoms with E-state index in [9.17, 15) is 4.79 Å². The topological polar surface area (TPSA) is 56.0 Å². The third-order valence-corrected chi connectivity index (χ3v) is 2.83. The van der Waals surface area contributed by atoms with Crippen LogP contribution >= 0.6 is 0 Å². The molecule has 1 heterocycles. The van der Waals surface area contributed by atoms with Crippen LogP contribution in [0.15, 0.2) is 18.5 Å². The predicted molar refractivity (Wildman–Crippen MR) is 54.6 cm³/mol. The summed E-state index contributed by atoms with van der Waals surface area (Å²) in [5.74, 6) is 1.15. The Morgan fingerprint density at radius 1 is 1.71 bits per heavy atom. The van der Waals surface area contributed by atoms with Crippen molar-refractivity contribution in [1.82, 2.24) is 4.98 Å². The lowest BCUT2D eigenvalue weighted by molar-refractivity contribution is -0.119. The number of nitrogen functional groups attached to an aromatic ring is 1. The molecule has 0 aliphatic heterocycles. The van der Waals surface area contributed by atoms with E-state index < -0.39 is 0 Å². The maximum Gasteiger partial charge on any atom is 0.140 e. The molecule has 2 unspecified atom stereocenters. The van der Waals surface area contributed by atoms with Gasteiger partial charge in [-0.15, -0.1) is 0 Å². The smallest absolute Gasteiger partial charge is 0.140 e. The van der Waals surface area contributed by atoms with Gasteiger partial charge >= 0.3 is 0 Å². The maximum atomic E-state index is 11.7.